The monoisotopic (exact) mass is 298 g/mol. The lowest BCUT2D eigenvalue weighted by molar-refractivity contribution is 0.598. The first-order valence-electron chi connectivity index (χ1n) is 5.43. The number of rotatable bonds is 4. The summed E-state index contributed by atoms with van der Waals surface area (Å²) >= 11 is 1.56. The Balaban J connectivity index is 2.19. The van der Waals surface area contributed by atoms with Crippen LogP contribution in [0.25, 0.3) is 0 Å². The normalized spacial score (nSPS) is 11.5. The Morgan fingerprint density at radius 1 is 1.37 bits per heavy atom. The van der Waals surface area contributed by atoms with Gasteiger partial charge in [0.2, 0.25) is 10.0 Å². The van der Waals surface area contributed by atoms with Crippen molar-refractivity contribution in [3.63, 3.8) is 0 Å². The van der Waals surface area contributed by atoms with Crippen molar-refractivity contribution < 1.29 is 8.42 Å². The number of nitrogens with zero attached hydrogens (tertiary/aromatic N) is 1. The van der Waals surface area contributed by atoms with Crippen LogP contribution in [0.2, 0.25) is 0 Å². The molecule has 0 spiro atoms. The van der Waals surface area contributed by atoms with E-state index in [1.165, 1.54) is 12.1 Å². The Labute approximate surface area is 115 Å². The van der Waals surface area contributed by atoms with E-state index in [0.717, 1.165) is 10.7 Å². The molecule has 2 rings (SSSR count). The fraction of sp³-hybridized carbons (Fsp3) is 0.182. The highest BCUT2D eigenvalue weighted by molar-refractivity contribution is 7.89. The SMILES string of the molecule is Cc1nc(CNc2cc(N)cc(S(N)(=O)=O)c2)cs1. The van der Waals surface area contributed by atoms with E-state index in [2.05, 4.69) is 10.3 Å². The molecule has 0 fully saturated rings. The lowest BCUT2D eigenvalue weighted by Gasteiger charge is -2.08. The van der Waals surface area contributed by atoms with Crippen LogP contribution < -0.4 is 16.2 Å². The van der Waals surface area contributed by atoms with Crippen molar-refractivity contribution in [1.82, 2.24) is 4.98 Å². The number of hydrogen-bond donors (Lipinski definition) is 3. The molecular formula is C11H14N4O2S2. The molecule has 0 aliphatic heterocycles. The van der Waals surface area contributed by atoms with E-state index in [0.29, 0.717) is 17.9 Å². The van der Waals surface area contributed by atoms with Gasteiger partial charge in [0, 0.05) is 16.8 Å². The third-order valence-electron chi connectivity index (χ3n) is 2.40. The van der Waals surface area contributed by atoms with Crippen molar-refractivity contribution in [3.05, 3.63) is 34.3 Å². The first-order valence-corrected chi connectivity index (χ1v) is 7.85. The molecule has 0 saturated heterocycles. The molecule has 0 unspecified atom stereocenters. The van der Waals surface area contributed by atoms with Crippen LogP contribution in [0.15, 0.2) is 28.5 Å². The average Bonchev–Trinajstić information content (AvgIpc) is 2.71. The Morgan fingerprint density at radius 2 is 2.11 bits per heavy atom. The molecule has 102 valence electrons. The molecule has 1 aromatic carbocycles. The van der Waals surface area contributed by atoms with E-state index in [-0.39, 0.29) is 4.90 Å². The van der Waals surface area contributed by atoms with Crippen LogP contribution in [-0.4, -0.2) is 13.4 Å². The van der Waals surface area contributed by atoms with Crippen molar-refractivity contribution in [2.24, 2.45) is 5.14 Å². The predicted octanol–water partition coefficient (Wildman–Crippen LogP) is 1.29. The topological polar surface area (TPSA) is 111 Å². The van der Waals surface area contributed by atoms with Crippen LogP contribution in [-0.2, 0) is 16.6 Å². The second-order valence-corrected chi connectivity index (χ2v) is 6.67. The molecule has 0 saturated carbocycles. The Kier molecular flexibility index (Phi) is 3.74. The number of nitrogen functional groups attached to an aromatic ring is 1. The lowest BCUT2D eigenvalue weighted by atomic mass is 10.3. The highest BCUT2D eigenvalue weighted by Crippen LogP contribution is 2.20. The quantitative estimate of drug-likeness (QED) is 0.737. The highest BCUT2D eigenvalue weighted by atomic mass is 32.2. The van der Waals surface area contributed by atoms with Crippen LogP contribution in [0.1, 0.15) is 10.7 Å². The predicted molar refractivity (Wildman–Crippen MR) is 76.4 cm³/mol. The number of nitrogens with two attached hydrogens (primary N) is 2. The van der Waals surface area contributed by atoms with Crippen LogP contribution in [0.4, 0.5) is 11.4 Å². The summed E-state index contributed by atoms with van der Waals surface area (Å²) in [7, 11) is -3.76. The number of anilines is 2. The van der Waals surface area contributed by atoms with Crippen molar-refractivity contribution in [3.8, 4) is 0 Å². The number of hydrogen-bond acceptors (Lipinski definition) is 6. The van der Waals surface area contributed by atoms with Gasteiger partial charge in [-0.2, -0.15) is 0 Å². The van der Waals surface area contributed by atoms with Gasteiger partial charge >= 0.3 is 0 Å². The van der Waals surface area contributed by atoms with E-state index >= 15 is 0 Å². The molecule has 8 heteroatoms. The molecule has 0 radical (unpaired) electrons. The van der Waals surface area contributed by atoms with E-state index in [4.69, 9.17) is 10.9 Å². The molecule has 5 N–H and O–H groups in total. The van der Waals surface area contributed by atoms with Gasteiger partial charge in [-0.25, -0.2) is 18.5 Å². The zero-order valence-electron chi connectivity index (χ0n) is 10.3. The second kappa shape index (κ2) is 5.16. The summed E-state index contributed by atoms with van der Waals surface area (Å²) in [6.45, 7) is 2.42. The van der Waals surface area contributed by atoms with Crippen molar-refractivity contribution in [2.45, 2.75) is 18.4 Å². The number of thiazole rings is 1. The van der Waals surface area contributed by atoms with Crippen molar-refractivity contribution >= 4 is 32.7 Å². The third-order valence-corrected chi connectivity index (χ3v) is 4.11. The number of benzene rings is 1. The first kappa shape index (κ1) is 13.8. The molecule has 1 aromatic heterocycles. The fourth-order valence-electron chi connectivity index (χ4n) is 1.57. The van der Waals surface area contributed by atoms with Crippen molar-refractivity contribution in [2.75, 3.05) is 11.1 Å². The van der Waals surface area contributed by atoms with Gasteiger partial charge in [0.15, 0.2) is 0 Å². The summed E-state index contributed by atoms with van der Waals surface area (Å²) in [5.74, 6) is 0. The van der Waals surface area contributed by atoms with Gasteiger partial charge in [-0.15, -0.1) is 11.3 Å². The standard InChI is InChI=1S/C11H14N4O2S2/c1-7-15-10(6-18-7)5-14-9-2-8(12)3-11(4-9)19(13,16)17/h2-4,6,14H,5,12H2,1H3,(H2,13,16,17). The van der Waals surface area contributed by atoms with Gasteiger partial charge in [-0.1, -0.05) is 0 Å². The summed E-state index contributed by atoms with van der Waals surface area (Å²) in [4.78, 5) is 4.29. The number of nitrogens with one attached hydrogen (secondary N) is 1. The van der Waals surface area contributed by atoms with Gasteiger partial charge < -0.3 is 11.1 Å². The summed E-state index contributed by atoms with van der Waals surface area (Å²) in [6.07, 6.45) is 0. The smallest absolute Gasteiger partial charge is 0.238 e. The summed E-state index contributed by atoms with van der Waals surface area (Å²) in [5, 5.41) is 11.1. The zero-order valence-corrected chi connectivity index (χ0v) is 11.9. The van der Waals surface area contributed by atoms with Crippen LogP contribution >= 0.6 is 11.3 Å². The molecule has 0 atom stereocenters. The summed E-state index contributed by atoms with van der Waals surface area (Å²) in [6, 6.07) is 4.42. The number of aryl methyl sites for hydroxylation is 1. The maximum Gasteiger partial charge on any atom is 0.238 e. The molecule has 0 aliphatic carbocycles. The first-order chi connectivity index (χ1) is 8.84. The van der Waals surface area contributed by atoms with Gasteiger partial charge in [-0.3, -0.25) is 0 Å². The maximum absolute atomic E-state index is 11.3. The number of sulfonamides is 1. The van der Waals surface area contributed by atoms with Gasteiger partial charge in [0.25, 0.3) is 0 Å². The zero-order chi connectivity index (χ0) is 14.0. The van der Waals surface area contributed by atoms with E-state index < -0.39 is 10.0 Å². The number of aromatic nitrogens is 1. The van der Waals surface area contributed by atoms with E-state index in [1.807, 2.05) is 12.3 Å². The van der Waals surface area contributed by atoms with Crippen LogP contribution in [0.5, 0.6) is 0 Å². The molecule has 0 bridgehead atoms. The van der Waals surface area contributed by atoms with Crippen molar-refractivity contribution in [1.29, 1.82) is 0 Å². The minimum absolute atomic E-state index is 0.00976. The maximum atomic E-state index is 11.3. The highest BCUT2D eigenvalue weighted by Gasteiger charge is 2.10. The molecule has 19 heavy (non-hydrogen) atoms. The minimum atomic E-state index is -3.76. The van der Waals surface area contributed by atoms with E-state index in [9.17, 15) is 8.42 Å². The third kappa shape index (κ3) is 3.66. The van der Waals surface area contributed by atoms with Crippen LogP contribution in [0, 0.1) is 6.92 Å². The fourth-order valence-corrected chi connectivity index (χ4v) is 2.77. The summed E-state index contributed by atoms with van der Waals surface area (Å²) in [5.41, 5.74) is 7.48. The van der Waals surface area contributed by atoms with Gasteiger partial charge in [0.1, 0.15) is 0 Å². The largest absolute Gasteiger partial charge is 0.399 e. The Morgan fingerprint density at radius 3 is 2.68 bits per heavy atom. The molecule has 0 amide bonds. The van der Waals surface area contributed by atoms with Gasteiger partial charge in [0.05, 0.1) is 22.1 Å². The Bertz CT molecular complexity index is 694. The average molecular weight is 298 g/mol. The lowest BCUT2D eigenvalue weighted by Crippen LogP contribution is -2.13. The minimum Gasteiger partial charge on any atom is -0.399 e. The molecule has 6 nitrogen and oxygen atoms in total. The summed E-state index contributed by atoms with van der Waals surface area (Å²) < 4.78 is 22.6. The molecular weight excluding hydrogens is 284 g/mol. The van der Waals surface area contributed by atoms with E-state index in [1.54, 1.807) is 17.4 Å². The van der Waals surface area contributed by atoms with Crippen LogP contribution in [0.3, 0.4) is 0 Å². The number of primary sulfonamides is 1. The van der Waals surface area contributed by atoms with Gasteiger partial charge in [-0.05, 0) is 25.1 Å². The second-order valence-electron chi connectivity index (χ2n) is 4.05. The molecule has 2 aromatic rings. The molecule has 0 aliphatic rings. The Hall–Kier alpha value is -1.64. The molecule has 1 heterocycles.